The summed E-state index contributed by atoms with van der Waals surface area (Å²) in [6, 6.07) is 9.92. The lowest BCUT2D eigenvalue weighted by Gasteiger charge is -2.30. The Labute approximate surface area is 131 Å². The number of nitrogens with zero attached hydrogens (tertiary/aromatic N) is 1. The molecule has 1 aromatic rings. The molecule has 0 aliphatic heterocycles. The highest BCUT2D eigenvalue weighted by molar-refractivity contribution is 7.81. The zero-order valence-electron chi connectivity index (χ0n) is 12.1. The van der Waals surface area contributed by atoms with Gasteiger partial charge in [-0.15, -0.1) is 0 Å². The van der Waals surface area contributed by atoms with Gasteiger partial charge in [-0.05, 0) is 24.8 Å². The highest BCUT2D eigenvalue weighted by Crippen LogP contribution is 2.25. The Kier molecular flexibility index (Phi) is 5.67. The van der Waals surface area contributed by atoms with Crippen LogP contribution in [0.25, 0.3) is 0 Å². The first-order chi connectivity index (χ1) is 10.1. The highest BCUT2D eigenvalue weighted by atomic mass is 32.1. The first-order valence-electron chi connectivity index (χ1n) is 7.38. The number of carbonyl (C=O) groups is 2. The molecule has 1 aromatic carbocycles. The van der Waals surface area contributed by atoms with Gasteiger partial charge in [0, 0.05) is 6.04 Å². The second kappa shape index (κ2) is 7.50. The third kappa shape index (κ3) is 4.49. The zero-order chi connectivity index (χ0) is 15.2. The number of hydrogen-bond donors (Lipinski definition) is 2. The van der Waals surface area contributed by atoms with E-state index in [1.807, 2.05) is 30.3 Å². The summed E-state index contributed by atoms with van der Waals surface area (Å²) in [6.45, 7) is -0.00461. The Bertz CT molecular complexity index is 486. The zero-order valence-corrected chi connectivity index (χ0v) is 13.0. The van der Waals surface area contributed by atoms with Gasteiger partial charge in [0.15, 0.2) is 0 Å². The van der Waals surface area contributed by atoms with Crippen LogP contribution in [0, 0.1) is 0 Å². The van der Waals surface area contributed by atoms with Gasteiger partial charge in [-0.3, -0.25) is 9.59 Å². The van der Waals surface area contributed by atoms with E-state index in [0.29, 0.717) is 6.42 Å². The van der Waals surface area contributed by atoms with Crippen LogP contribution < -0.4 is 5.73 Å². The molecule has 4 nitrogen and oxygen atoms in total. The SMILES string of the molecule is NC(=O)CN(C(=O)C(S)Cc1ccccc1)C1CCCC1. The van der Waals surface area contributed by atoms with Crippen LogP contribution in [0.4, 0.5) is 0 Å². The summed E-state index contributed by atoms with van der Waals surface area (Å²) in [5.74, 6) is -0.552. The van der Waals surface area contributed by atoms with Crippen LogP contribution in [0.1, 0.15) is 31.2 Å². The van der Waals surface area contributed by atoms with Gasteiger partial charge in [0.2, 0.25) is 11.8 Å². The molecule has 0 bridgehead atoms. The van der Waals surface area contributed by atoms with E-state index in [2.05, 4.69) is 12.6 Å². The van der Waals surface area contributed by atoms with Crippen molar-refractivity contribution in [2.75, 3.05) is 6.54 Å². The lowest BCUT2D eigenvalue weighted by molar-refractivity contribution is -0.136. The molecule has 21 heavy (non-hydrogen) atoms. The van der Waals surface area contributed by atoms with Gasteiger partial charge in [-0.1, -0.05) is 43.2 Å². The molecule has 0 spiro atoms. The normalized spacial score (nSPS) is 16.6. The lowest BCUT2D eigenvalue weighted by atomic mass is 10.1. The van der Waals surface area contributed by atoms with Gasteiger partial charge in [-0.25, -0.2) is 0 Å². The largest absolute Gasteiger partial charge is 0.368 e. The fraction of sp³-hybridized carbons (Fsp3) is 0.500. The van der Waals surface area contributed by atoms with Crippen molar-refractivity contribution in [3.63, 3.8) is 0 Å². The monoisotopic (exact) mass is 306 g/mol. The summed E-state index contributed by atoms with van der Waals surface area (Å²) in [5.41, 5.74) is 6.36. The summed E-state index contributed by atoms with van der Waals surface area (Å²) in [6.07, 6.45) is 4.66. The molecular formula is C16H22N2O2S. The van der Waals surface area contributed by atoms with Gasteiger partial charge in [-0.2, -0.15) is 12.6 Å². The summed E-state index contributed by atoms with van der Waals surface area (Å²) < 4.78 is 0. The molecule has 0 radical (unpaired) electrons. The summed E-state index contributed by atoms with van der Waals surface area (Å²) in [4.78, 5) is 25.5. The van der Waals surface area contributed by atoms with Crippen molar-refractivity contribution >= 4 is 24.4 Å². The van der Waals surface area contributed by atoms with Crippen LogP contribution in [-0.2, 0) is 16.0 Å². The minimum Gasteiger partial charge on any atom is -0.368 e. The van der Waals surface area contributed by atoms with Crippen molar-refractivity contribution in [1.29, 1.82) is 0 Å². The van der Waals surface area contributed by atoms with Gasteiger partial charge in [0.05, 0.1) is 11.8 Å². The molecule has 0 saturated heterocycles. The average molecular weight is 306 g/mol. The summed E-state index contributed by atoms with van der Waals surface area (Å²) >= 11 is 4.45. The topological polar surface area (TPSA) is 63.4 Å². The predicted octanol–water partition coefficient (Wildman–Crippen LogP) is 1.78. The quantitative estimate of drug-likeness (QED) is 0.787. The lowest BCUT2D eigenvalue weighted by Crippen LogP contribution is -2.47. The van der Waals surface area contributed by atoms with Gasteiger partial charge >= 0.3 is 0 Å². The molecule has 5 heteroatoms. The third-order valence-electron chi connectivity index (χ3n) is 3.93. The third-order valence-corrected chi connectivity index (χ3v) is 4.34. The van der Waals surface area contributed by atoms with E-state index in [-0.39, 0.29) is 18.5 Å². The van der Waals surface area contributed by atoms with E-state index in [4.69, 9.17) is 5.73 Å². The fourth-order valence-electron chi connectivity index (χ4n) is 2.89. The molecule has 1 atom stereocenters. The fourth-order valence-corrected chi connectivity index (χ4v) is 3.25. The molecule has 1 unspecified atom stereocenters. The molecule has 2 rings (SSSR count). The number of primary amides is 1. The van der Waals surface area contributed by atoms with Crippen molar-refractivity contribution in [2.45, 2.75) is 43.4 Å². The molecule has 1 aliphatic carbocycles. The van der Waals surface area contributed by atoms with E-state index >= 15 is 0 Å². The average Bonchev–Trinajstić information content (AvgIpc) is 2.99. The molecule has 1 fully saturated rings. The maximum absolute atomic E-state index is 12.6. The number of rotatable bonds is 6. The Balaban J connectivity index is 2.04. The Morgan fingerprint density at radius 1 is 1.24 bits per heavy atom. The van der Waals surface area contributed by atoms with Crippen molar-refractivity contribution in [3.8, 4) is 0 Å². The number of benzene rings is 1. The van der Waals surface area contributed by atoms with E-state index in [1.54, 1.807) is 4.90 Å². The number of nitrogens with two attached hydrogens (primary N) is 1. The number of amides is 2. The Morgan fingerprint density at radius 3 is 2.43 bits per heavy atom. The van der Waals surface area contributed by atoms with E-state index in [9.17, 15) is 9.59 Å². The molecular weight excluding hydrogens is 284 g/mol. The Hall–Kier alpha value is -1.49. The first kappa shape index (κ1) is 15.9. The van der Waals surface area contributed by atoms with Crippen molar-refractivity contribution in [1.82, 2.24) is 4.90 Å². The van der Waals surface area contributed by atoms with Gasteiger partial charge in [0.25, 0.3) is 0 Å². The molecule has 0 heterocycles. The minimum absolute atomic E-state index is 0.00461. The minimum atomic E-state index is -0.463. The second-order valence-electron chi connectivity index (χ2n) is 5.58. The van der Waals surface area contributed by atoms with Crippen LogP contribution in [0.15, 0.2) is 30.3 Å². The molecule has 2 N–H and O–H groups in total. The van der Waals surface area contributed by atoms with Crippen molar-refractivity contribution in [3.05, 3.63) is 35.9 Å². The van der Waals surface area contributed by atoms with Crippen LogP contribution in [0.3, 0.4) is 0 Å². The number of carbonyl (C=O) groups excluding carboxylic acids is 2. The molecule has 0 aromatic heterocycles. The number of thiol groups is 1. The molecule has 1 saturated carbocycles. The smallest absolute Gasteiger partial charge is 0.237 e. The molecule has 2 amide bonds. The standard InChI is InChI=1S/C16H22N2O2S/c17-15(19)11-18(13-8-4-5-9-13)16(20)14(21)10-12-6-2-1-3-7-12/h1-3,6-7,13-14,21H,4-5,8-11H2,(H2,17,19). The van der Waals surface area contributed by atoms with Crippen LogP contribution in [0.5, 0.6) is 0 Å². The van der Waals surface area contributed by atoms with Crippen molar-refractivity contribution in [2.24, 2.45) is 5.73 Å². The van der Waals surface area contributed by atoms with Crippen LogP contribution >= 0.6 is 12.6 Å². The predicted molar refractivity (Wildman–Crippen MR) is 86.1 cm³/mol. The maximum Gasteiger partial charge on any atom is 0.237 e. The molecule has 114 valence electrons. The summed E-state index contributed by atoms with van der Waals surface area (Å²) in [5, 5.41) is -0.438. The first-order valence-corrected chi connectivity index (χ1v) is 7.90. The van der Waals surface area contributed by atoms with Crippen LogP contribution in [-0.4, -0.2) is 34.6 Å². The Morgan fingerprint density at radius 2 is 1.86 bits per heavy atom. The van der Waals surface area contributed by atoms with Crippen molar-refractivity contribution < 1.29 is 9.59 Å². The summed E-state index contributed by atoms with van der Waals surface area (Å²) in [7, 11) is 0. The van der Waals surface area contributed by atoms with Gasteiger partial charge < -0.3 is 10.6 Å². The van der Waals surface area contributed by atoms with Crippen LogP contribution in [0.2, 0.25) is 0 Å². The second-order valence-corrected chi connectivity index (χ2v) is 6.20. The van der Waals surface area contributed by atoms with Gasteiger partial charge in [0.1, 0.15) is 0 Å². The van der Waals surface area contributed by atoms with E-state index in [1.165, 1.54) is 0 Å². The number of hydrogen-bond acceptors (Lipinski definition) is 3. The van der Waals surface area contributed by atoms with E-state index < -0.39 is 11.2 Å². The molecule has 1 aliphatic rings. The van der Waals surface area contributed by atoms with E-state index in [0.717, 1.165) is 31.2 Å². The maximum atomic E-state index is 12.6. The highest BCUT2D eigenvalue weighted by Gasteiger charge is 2.30.